The Morgan fingerprint density at radius 3 is 2.71 bits per heavy atom. The van der Waals surface area contributed by atoms with Gasteiger partial charge in [-0.3, -0.25) is 4.79 Å². The van der Waals surface area contributed by atoms with Crippen LogP contribution < -0.4 is 0 Å². The Kier molecular flexibility index (Phi) is 1.80. The van der Waals surface area contributed by atoms with Crippen molar-refractivity contribution in [2.24, 2.45) is 0 Å². The molecule has 2 rings (SSSR count). The first-order valence-corrected chi connectivity index (χ1v) is 4.08. The summed E-state index contributed by atoms with van der Waals surface area (Å²) in [5, 5.41) is 3.46. The van der Waals surface area contributed by atoms with Gasteiger partial charge in [-0.05, 0) is 6.92 Å². The molecule has 6 heteroatoms. The second kappa shape index (κ2) is 2.76. The van der Waals surface area contributed by atoms with Gasteiger partial charge < -0.3 is 9.42 Å². The van der Waals surface area contributed by atoms with Crippen molar-refractivity contribution in [3.8, 4) is 0 Å². The number of carbonyl (C=O) groups is 1. The van der Waals surface area contributed by atoms with Gasteiger partial charge in [-0.15, -0.1) is 0 Å². The molecule has 0 saturated carbocycles. The summed E-state index contributed by atoms with van der Waals surface area (Å²) in [7, 11) is 0. The largest absolute Gasteiger partial charge is 0.361 e. The zero-order valence-electron chi connectivity index (χ0n) is 7.46. The summed E-state index contributed by atoms with van der Waals surface area (Å²) in [6.07, 6.45) is 0. The van der Waals surface area contributed by atoms with Gasteiger partial charge in [0.1, 0.15) is 5.76 Å². The molecule has 1 aromatic heterocycles. The highest BCUT2D eigenvalue weighted by atomic mass is 19.3. The third-order valence-electron chi connectivity index (χ3n) is 1.98. The van der Waals surface area contributed by atoms with Gasteiger partial charge in [0.15, 0.2) is 5.69 Å². The van der Waals surface area contributed by atoms with Crippen LogP contribution in [0.4, 0.5) is 8.78 Å². The number of hydrogen-bond acceptors (Lipinski definition) is 3. The second-order valence-electron chi connectivity index (χ2n) is 3.34. The molecule has 0 bridgehead atoms. The topological polar surface area (TPSA) is 46.3 Å². The van der Waals surface area contributed by atoms with Gasteiger partial charge in [0.05, 0.1) is 13.1 Å². The maximum absolute atomic E-state index is 12.4. The monoisotopic (exact) mass is 202 g/mol. The molecule has 0 N–H and O–H groups in total. The van der Waals surface area contributed by atoms with Gasteiger partial charge in [-0.1, -0.05) is 5.16 Å². The normalized spacial score (nSPS) is 19.2. The molecule has 1 fully saturated rings. The van der Waals surface area contributed by atoms with E-state index >= 15 is 0 Å². The molecule has 0 aliphatic carbocycles. The average molecular weight is 202 g/mol. The Hall–Kier alpha value is -1.46. The Morgan fingerprint density at radius 1 is 1.64 bits per heavy atom. The zero-order valence-corrected chi connectivity index (χ0v) is 7.46. The number of hydrogen-bond donors (Lipinski definition) is 0. The number of alkyl halides is 2. The molecule has 0 spiro atoms. The smallest absolute Gasteiger partial charge is 0.282 e. The predicted molar refractivity (Wildman–Crippen MR) is 42.1 cm³/mol. The minimum atomic E-state index is -2.74. The molecule has 4 nitrogen and oxygen atoms in total. The number of nitrogens with zero attached hydrogens (tertiary/aromatic N) is 2. The van der Waals surface area contributed by atoms with E-state index in [-0.39, 0.29) is 5.69 Å². The van der Waals surface area contributed by atoms with E-state index in [1.807, 2.05) is 0 Å². The predicted octanol–water partition coefficient (Wildman–Crippen LogP) is 1.07. The van der Waals surface area contributed by atoms with Crippen LogP contribution in [0.3, 0.4) is 0 Å². The molecule has 14 heavy (non-hydrogen) atoms. The van der Waals surface area contributed by atoms with Crippen molar-refractivity contribution in [3.63, 3.8) is 0 Å². The number of likely N-dealkylation sites (tertiary alicyclic amines) is 1. The fourth-order valence-electron chi connectivity index (χ4n) is 1.28. The lowest BCUT2D eigenvalue weighted by molar-refractivity contribution is -0.113. The van der Waals surface area contributed by atoms with E-state index in [1.54, 1.807) is 6.92 Å². The lowest BCUT2D eigenvalue weighted by atomic mass is 10.1. The molecule has 0 radical (unpaired) electrons. The molecule has 0 unspecified atom stereocenters. The van der Waals surface area contributed by atoms with Crippen LogP contribution in [0.2, 0.25) is 0 Å². The summed E-state index contributed by atoms with van der Waals surface area (Å²) >= 11 is 0. The van der Waals surface area contributed by atoms with Crippen molar-refractivity contribution in [3.05, 3.63) is 17.5 Å². The molecular formula is C8H8F2N2O2. The molecular weight excluding hydrogens is 194 g/mol. The van der Waals surface area contributed by atoms with Gasteiger partial charge in [-0.25, -0.2) is 8.78 Å². The maximum atomic E-state index is 12.4. The van der Waals surface area contributed by atoms with Gasteiger partial charge in [0, 0.05) is 6.07 Å². The summed E-state index contributed by atoms with van der Waals surface area (Å²) in [6, 6.07) is 1.43. The van der Waals surface area contributed by atoms with Crippen LogP contribution in [-0.2, 0) is 0 Å². The molecule has 1 aromatic rings. The standard InChI is InChI=1S/C8H8F2N2O2/c1-5-2-6(11-14-5)7(13)12-3-8(9,10)4-12/h2H,3-4H2,1H3. The number of halogens is 2. The fourth-order valence-corrected chi connectivity index (χ4v) is 1.28. The van der Waals surface area contributed by atoms with E-state index in [0.29, 0.717) is 5.76 Å². The van der Waals surface area contributed by atoms with Crippen LogP contribution in [0.15, 0.2) is 10.6 Å². The molecule has 2 heterocycles. The van der Waals surface area contributed by atoms with E-state index in [2.05, 4.69) is 9.68 Å². The molecule has 1 aliphatic heterocycles. The number of amides is 1. The summed E-state index contributed by atoms with van der Waals surface area (Å²) in [6.45, 7) is 0.573. The van der Waals surface area contributed by atoms with E-state index in [9.17, 15) is 13.6 Å². The van der Waals surface area contributed by atoms with Crippen LogP contribution >= 0.6 is 0 Å². The van der Waals surface area contributed by atoms with Crippen LogP contribution in [0.5, 0.6) is 0 Å². The van der Waals surface area contributed by atoms with Gasteiger partial charge in [-0.2, -0.15) is 0 Å². The third-order valence-corrected chi connectivity index (χ3v) is 1.98. The summed E-state index contributed by atoms with van der Waals surface area (Å²) in [5.41, 5.74) is 0.0815. The van der Waals surface area contributed by atoms with Crippen molar-refractivity contribution in [2.75, 3.05) is 13.1 Å². The van der Waals surface area contributed by atoms with Crippen molar-refractivity contribution in [1.82, 2.24) is 10.1 Å². The Morgan fingerprint density at radius 2 is 2.29 bits per heavy atom. The summed E-state index contributed by atoms with van der Waals surface area (Å²) < 4.78 is 29.5. The summed E-state index contributed by atoms with van der Waals surface area (Å²) in [5.74, 6) is -2.76. The van der Waals surface area contributed by atoms with Crippen molar-refractivity contribution < 1.29 is 18.1 Å². The minimum Gasteiger partial charge on any atom is -0.361 e. The number of rotatable bonds is 1. The van der Waals surface area contributed by atoms with E-state index in [4.69, 9.17) is 0 Å². The molecule has 0 atom stereocenters. The fraction of sp³-hybridized carbons (Fsp3) is 0.500. The Labute approximate surface area is 78.5 Å². The van der Waals surface area contributed by atoms with Gasteiger partial charge >= 0.3 is 0 Å². The lowest BCUT2D eigenvalue weighted by Gasteiger charge is -2.37. The van der Waals surface area contributed by atoms with E-state index in [0.717, 1.165) is 4.90 Å². The lowest BCUT2D eigenvalue weighted by Crippen LogP contribution is -2.58. The zero-order chi connectivity index (χ0) is 10.3. The van der Waals surface area contributed by atoms with E-state index in [1.165, 1.54) is 6.07 Å². The van der Waals surface area contributed by atoms with Crippen molar-refractivity contribution in [2.45, 2.75) is 12.8 Å². The van der Waals surface area contributed by atoms with Crippen molar-refractivity contribution >= 4 is 5.91 Å². The molecule has 1 amide bonds. The van der Waals surface area contributed by atoms with Crippen molar-refractivity contribution in [1.29, 1.82) is 0 Å². The maximum Gasteiger partial charge on any atom is 0.282 e. The number of carbonyl (C=O) groups excluding carboxylic acids is 1. The van der Waals surface area contributed by atoms with Crippen LogP contribution in [0, 0.1) is 6.92 Å². The highest BCUT2D eigenvalue weighted by molar-refractivity contribution is 5.92. The first kappa shape index (κ1) is 9.11. The Balaban J connectivity index is 2.04. The first-order chi connectivity index (χ1) is 6.48. The summed E-state index contributed by atoms with van der Waals surface area (Å²) in [4.78, 5) is 12.4. The third kappa shape index (κ3) is 1.47. The molecule has 1 aliphatic rings. The first-order valence-electron chi connectivity index (χ1n) is 4.08. The number of aromatic nitrogens is 1. The van der Waals surface area contributed by atoms with Gasteiger partial charge in [0.2, 0.25) is 0 Å². The average Bonchev–Trinajstić information content (AvgIpc) is 2.46. The molecule has 0 aromatic carbocycles. The van der Waals surface area contributed by atoms with Crippen LogP contribution in [0.25, 0.3) is 0 Å². The highest BCUT2D eigenvalue weighted by Crippen LogP contribution is 2.27. The quantitative estimate of drug-likeness (QED) is 0.684. The molecule has 1 saturated heterocycles. The highest BCUT2D eigenvalue weighted by Gasteiger charge is 2.46. The Bertz CT molecular complexity index is 367. The van der Waals surface area contributed by atoms with Crippen LogP contribution in [-0.4, -0.2) is 35.0 Å². The molecule has 76 valence electrons. The SMILES string of the molecule is Cc1cc(C(=O)N2CC(F)(F)C2)no1. The number of aryl methyl sites for hydroxylation is 1. The van der Waals surface area contributed by atoms with E-state index < -0.39 is 24.9 Å². The van der Waals surface area contributed by atoms with Gasteiger partial charge in [0.25, 0.3) is 11.8 Å². The minimum absolute atomic E-state index is 0.0815. The second-order valence-corrected chi connectivity index (χ2v) is 3.34. The van der Waals surface area contributed by atoms with Crippen LogP contribution in [0.1, 0.15) is 16.2 Å².